The van der Waals surface area contributed by atoms with E-state index in [1.54, 1.807) is 10.9 Å². The minimum atomic E-state index is -0.938. The monoisotopic (exact) mass is 419 g/mol. The van der Waals surface area contributed by atoms with Crippen LogP contribution >= 0.6 is 0 Å². The van der Waals surface area contributed by atoms with Gasteiger partial charge in [-0.2, -0.15) is 0 Å². The number of esters is 1. The van der Waals surface area contributed by atoms with E-state index >= 15 is 0 Å². The van der Waals surface area contributed by atoms with Crippen molar-refractivity contribution in [2.45, 2.75) is 49.9 Å². The Bertz CT molecular complexity index is 1070. The number of hydrogen-bond acceptors (Lipinski definition) is 7. The molecule has 4 rings (SSSR count). The topological polar surface area (TPSA) is 110 Å². The largest absolute Gasteiger partial charge is 0.459 e. The van der Waals surface area contributed by atoms with Crippen LogP contribution in [0.1, 0.15) is 24.1 Å². The van der Waals surface area contributed by atoms with Crippen LogP contribution < -0.4 is 0 Å². The first-order chi connectivity index (χ1) is 15.1. The van der Waals surface area contributed by atoms with Crippen molar-refractivity contribution in [1.29, 1.82) is 0 Å². The summed E-state index contributed by atoms with van der Waals surface area (Å²) in [5.74, 6) is 10.6. The number of aliphatic hydroxyl groups is 2. The summed E-state index contributed by atoms with van der Waals surface area (Å²) < 4.78 is 12.1. The molecule has 0 amide bonds. The third-order valence-electron chi connectivity index (χ3n) is 4.96. The maximum absolute atomic E-state index is 11.1. The molecule has 0 unspecified atom stereocenters. The molecule has 8 heteroatoms. The maximum atomic E-state index is 11.1. The Hall–Kier alpha value is -3.43. The summed E-state index contributed by atoms with van der Waals surface area (Å²) in [6, 6.07) is 9.92. The van der Waals surface area contributed by atoms with E-state index < -0.39 is 30.5 Å². The van der Waals surface area contributed by atoms with Crippen molar-refractivity contribution >= 4 is 5.97 Å². The molecular weight excluding hydrogens is 398 g/mol. The third kappa shape index (κ3) is 5.59. The van der Waals surface area contributed by atoms with Crippen LogP contribution in [-0.4, -0.2) is 61.7 Å². The number of benzene rings is 1. The number of cyclic esters (lactones) is 1. The molecule has 0 aliphatic carbocycles. The number of allylic oxidation sites excluding steroid dienone is 1. The van der Waals surface area contributed by atoms with E-state index in [-0.39, 0.29) is 5.97 Å². The van der Waals surface area contributed by atoms with Crippen LogP contribution in [0.3, 0.4) is 0 Å². The molecule has 0 bridgehead atoms. The van der Waals surface area contributed by atoms with Crippen LogP contribution in [0.2, 0.25) is 0 Å². The van der Waals surface area contributed by atoms with E-state index in [2.05, 4.69) is 34.0 Å². The van der Waals surface area contributed by atoms with Gasteiger partial charge in [0.2, 0.25) is 0 Å². The van der Waals surface area contributed by atoms with E-state index in [4.69, 9.17) is 9.47 Å². The summed E-state index contributed by atoms with van der Waals surface area (Å²) in [5, 5.41) is 28.3. The van der Waals surface area contributed by atoms with Crippen molar-refractivity contribution < 1.29 is 24.5 Å². The maximum Gasteiger partial charge on any atom is 0.306 e. The normalized spacial score (nSPS) is 23.9. The lowest BCUT2D eigenvalue weighted by Crippen LogP contribution is -2.33. The minimum Gasteiger partial charge on any atom is -0.459 e. The van der Waals surface area contributed by atoms with Crippen molar-refractivity contribution in [2.24, 2.45) is 0 Å². The zero-order chi connectivity index (χ0) is 21.6. The third-order valence-corrected chi connectivity index (χ3v) is 4.96. The van der Waals surface area contributed by atoms with Gasteiger partial charge in [-0.25, -0.2) is 4.68 Å². The predicted molar refractivity (Wildman–Crippen MR) is 109 cm³/mol. The molecule has 1 aromatic heterocycles. The van der Waals surface area contributed by atoms with Gasteiger partial charge in [-0.15, -0.1) is 5.10 Å². The fourth-order valence-electron chi connectivity index (χ4n) is 3.32. The highest BCUT2D eigenvalue weighted by Crippen LogP contribution is 2.33. The number of rotatable bonds is 6. The molecule has 158 valence electrons. The first-order valence-electron chi connectivity index (χ1n) is 9.93. The summed E-state index contributed by atoms with van der Waals surface area (Å²) in [6.07, 6.45) is 1.93. The van der Waals surface area contributed by atoms with Crippen LogP contribution in [0.5, 0.6) is 0 Å². The van der Waals surface area contributed by atoms with E-state index in [1.807, 2.05) is 30.3 Å². The average molecular weight is 419 g/mol. The average Bonchev–Trinajstić information content (AvgIpc) is 3.27. The van der Waals surface area contributed by atoms with Crippen LogP contribution in [0.25, 0.3) is 0 Å². The van der Waals surface area contributed by atoms with Gasteiger partial charge in [0.1, 0.15) is 30.5 Å². The van der Waals surface area contributed by atoms with Crippen molar-refractivity contribution in [3.8, 4) is 23.7 Å². The van der Waals surface area contributed by atoms with Gasteiger partial charge in [-0.1, -0.05) is 41.5 Å². The second-order valence-electron chi connectivity index (χ2n) is 7.28. The van der Waals surface area contributed by atoms with E-state index in [0.29, 0.717) is 25.1 Å². The van der Waals surface area contributed by atoms with Crippen LogP contribution in [-0.2, 0) is 20.8 Å². The Morgan fingerprint density at radius 3 is 2.84 bits per heavy atom. The fourth-order valence-corrected chi connectivity index (χ4v) is 3.32. The zero-order valence-electron chi connectivity index (χ0n) is 16.6. The van der Waals surface area contributed by atoms with Crippen molar-refractivity contribution in [2.75, 3.05) is 0 Å². The number of ether oxygens (including phenoxy) is 2. The molecule has 3 heterocycles. The number of carbonyl (C=O) groups excluding carboxylic acids is 1. The van der Waals surface area contributed by atoms with E-state index in [1.165, 1.54) is 12.2 Å². The Morgan fingerprint density at radius 1 is 1.23 bits per heavy atom. The summed E-state index contributed by atoms with van der Waals surface area (Å²) in [4.78, 5) is 11.1. The molecule has 2 aliphatic rings. The predicted octanol–water partition coefficient (Wildman–Crippen LogP) is 0.432. The number of aromatic nitrogens is 3. The van der Waals surface area contributed by atoms with Gasteiger partial charge in [0.15, 0.2) is 5.69 Å². The molecule has 31 heavy (non-hydrogen) atoms. The summed E-state index contributed by atoms with van der Waals surface area (Å²) in [7, 11) is 0. The lowest BCUT2D eigenvalue weighted by molar-refractivity contribution is -0.145. The van der Waals surface area contributed by atoms with Crippen LogP contribution in [0.15, 0.2) is 48.7 Å². The standard InChI is InChI=1S/C23H21N3O5/c27-18(22-23(31-22)21(29)19-12-13-20(28)30-19)11-7-2-1-6-10-17-15-26(25-24-17)14-16-8-4-3-5-9-16/h3-5,7-9,11,15,18-19,21-23,27,29H,12-14H2/b11-7-/t18-,19+,21-,22+,23-/m1/s1. The summed E-state index contributed by atoms with van der Waals surface area (Å²) in [6.45, 7) is 0.615. The van der Waals surface area contributed by atoms with Gasteiger partial charge in [-0.3, -0.25) is 4.79 Å². The molecule has 2 N–H and O–H groups in total. The quantitative estimate of drug-likeness (QED) is 0.397. The molecule has 8 nitrogen and oxygen atoms in total. The minimum absolute atomic E-state index is 0.293. The summed E-state index contributed by atoms with van der Waals surface area (Å²) >= 11 is 0. The molecule has 0 saturated carbocycles. The van der Waals surface area contributed by atoms with Gasteiger partial charge in [0.25, 0.3) is 0 Å². The van der Waals surface area contributed by atoms with E-state index in [0.717, 1.165) is 5.56 Å². The first-order valence-corrected chi connectivity index (χ1v) is 9.93. The number of nitrogens with zero attached hydrogens (tertiary/aromatic N) is 3. The molecule has 2 fully saturated rings. The van der Waals surface area contributed by atoms with Gasteiger partial charge in [-0.05, 0) is 41.9 Å². The van der Waals surface area contributed by atoms with Gasteiger partial charge < -0.3 is 19.7 Å². The van der Waals surface area contributed by atoms with Gasteiger partial charge >= 0.3 is 5.97 Å². The molecule has 0 spiro atoms. The SMILES string of the molecule is O=C1CC[C@@H]([C@@H](O)[C@H]2O[C@H]2[C@H](O)/C=C\C#CC#Cc2cn(Cc3ccccc3)nn2)O1. The Kier molecular flexibility index (Phi) is 6.44. The second-order valence-corrected chi connectivity index (χ2v) is 7.28. The molecule has 2 saturated heterocycles. The van der Waals surface area contributed by atoms with Gasteiger partial charge in [0, 0.05) is 6.42 Å². The number of carbonyl (C=O) groups is 1. The molecule has 2 aromatic rings. The highest BCUT2D eigenvalue weighted by Gasteiger charge is 2.52. The highest BCUT2D eigenvalue weighted by atomic mass is 16.6. The molecular formula is C23H21N3O5. The van der Waals surface area contributed by atoms with Crippen LogP contribution in [0.4, 0.5) is 0 Å². The Balaban J connectivity index is 1.23. The Morgan fingerprint density at radius 2 is 2.06 bits per heavy atom. The highest BCUT2D eigenvalue weighted by molar-refractivity contribution is 5.71. The zero-order valence-corrected chi connectivity index (χ0v) is 16.6. The lowest BCUT2D eigenvalue weighted by Gasteiger charge is -2.14. The summed E-state index contributed by atoms with van der Waals surface area (Å²) in [5.41, 5.74) is 1.64. The lowest BCUT2D eigenvalue weighted by atomic mass is 10.0. The fraction of sp³-hybridized carbons (Fsp3) is 0.348. The number of epoxide rings is 1. The smallest absolute Gasteiger partial charge is 0.306 e. The van der Waals surface area contributed by atoms with Crippen LogP contribution in [0, 0.1) is 23.7 Å². The Labute approximate surface area is 179 Å². The van der Waals surface area contributed by atoms with Crippen molar-refractivity contribution in [3.63, 3.8) is 0 Å². The molecule has 1 aromatic carbocycles. The molecule has 0 radical (unpaired) electrons. The molecule has 2 aliphatic heterocycles. The van der Waals surface area contributed by atoms with E-state index in [9.17, 15) is 15.0 Å². The first kappa shape index (κ1) is 20.8. The number of aliphatic hydroxyl groups excluding tert-OH is 2. The van der Waals surface area contributed by atoms with Crippen molar-refractivity contribution in [1.82, 2.24) is 15.0 Å². The number of hydrogen-bond donors (Lipinski definition) is 2. The van der Waals surface area contributed by atoms with Gasteiger partial charge in [0.05, 0.1) is 12.7 Å². The second kappa shape index (κ2) is 9.59. The molecule has 5 atom stereocenters. The van der Waals surface area contributed by atoms with Crippen molar-refractivity contribution in [3.05, 3.63) is 59.9 Å².